The van der Waals surface area contributed by atoms with Crippen LogP contribution in [0.5, 0.6) is 0 Å². The Balaban J connectivity index is 1.12. The first kappa shape index (κ1) is 21.3. The molecule has 0 unspecified atom stereocenters. The van der Waals surface area contributed by atoms with Gasteiger partial charge in [-0.05, 0) is 61.6 Å². The van der Waals surface area contributed by atoms with Crippen LogP contribution in [0, 0.1) is 16.7 Å². The molecule has 2 aromatic heterocycles. The minimum absolute atomic E-state index is 0.271. The molecule has 9 heteroatoms. The molecule has 3 aromatic rings. The van der Waals surface area contributed by atoms with E-state index in [1.807, 2.05) is 30.3 Å². The number of alkyl halides is 1. The highest BCUT2D eigenvalue weighted by molar-refractivity contribution is 6.30. The number of halogens is 2. The normalized spacial score (nSPS) is 21.9. The molecule has 2 aliphatic heterocycles. The van der Waals surface area contributed by atoms with Gasteiger partial charge in [0.05, 0.1) is 12.2 Å². The lowest BCUT2D eigenvalue weighted by molar-refractivity contribution is 0.0581. The van der Waals surface area contributed by atoms with Crippen LogP contribution in [0.1, 0.15) is 54.5 Å². The monoisotopic (exact) mass is 489 g/mol. The minimum Gasteiger partial charge on any atom is -0.355 e. The van der Waals surface area contributed by atoms with Gasteiger partial charge < -0.3 is 4.90 Å². The van der Waals surface area contributed by atoms with Crippen molar-refractivity contribution in [1.82, 2.24) is 24.6 Å². The lowest BCUT2D eigenvalue weighted by Crippen LogP contribution is -2.62. The van der Waals surface area contributed by atoms with E-state index in [0.717, 1.165) is 54.6 Å². The van der Waals surface area contributed by atoms with Crippen molar-refractivity contribution >= 4 is 17.4 Å². The summed E-state index contributed by atoms with van der Waals surface area (Å²) in [5, 5.41) is 19.1. The number of pyridine rings is 1. The molecule has 1 aromatic carbocycles. The fourth-order valence-electron chi connectivity index (χ4n) is 6.18. The molecular weight excluding hydrogens is 465 g/mol. The molecule has 178 valence electrons. The SMILES string of the molecule is N#Cc1cccc(N2CC3(CC(c4nnc5n4-c4ccc(Cl)cc4CN(CC4(F)CC4)C5)C3)C2)n1. The highest BCUT2D eigenvalue weighted by Crippen LogP contribution is 2.56. The second-order valence-corrected chi connectivity index (χ2v) is 11.3. The molecule has 1 spiro atoms. The average Bonchev–Trinajstić information content (AvgIpc) is 3.42. The maximum Gasteiger partial charge on any atom is 0.151 e. The molecule has 3 fully saturated rings. The summed E-state index contributed by atoms with van der Waals surface area (Å²) in [5.41, 5.74) is 1.81. The van der Waals surface area contributed by atoms with Crippen LogP contribution >= 0.6 is 11.6 Å². The Morgan fingerprint density at radius 3 is 2.71 bits per heavy atom. The second-order valence-electron chi connectivity index (χ2n) is 10.8. The first-order valence-electron chi connectivity index (χ1n) is 12.2. The lowest BCUT2D eigenvalue weighted by Gasteiger charge is -2.59. The fraction of sp³-hybridized carbons (Fsp3) is 0.462. The lowest BCUT2D eigenvalue weighted by atomic mass is 9.57. The van der Waals surface area contributed by atoms with Gasteiger partial charge in [-0.25, -0.2) is 9.37 Å². The molecule has 0 amide bonds. The van der Waals surface area contributed by atoms with Gasteiger partial charge in [-0.2, -0.15) is 5.26 Å². The van der Waals surface area contributed by atoms with E-state index >= 15 is 0 Å². The summed E-state index contributed by atoms with van der Waals surface area (Å²) in [5.74, 6) is 3.09. The Bertz CT molecular complexity index is 1360. The van der Waals surface area contributed by atoms with Gasteiger partial charge >= 0.3 is 0 Å². The Labute approximate surface area is 208 Å². The number of anilines is 1. The molecule has 0 N–H and O–H groups in total. The minimum atomic E-state index is -1.06. The number of rotatable bonds is 4. The van der Waals surface area contributed by atoms with Crippen LogP contribution in [0.4, 0.5) is 10.2 Å². The topological polar surface area (TPSA) is 73.9 Å². The summed E-state index contributed by atoms with van der Waals surface area (Å²) in [7, 11) is 0. The number of nitriles is 1. The Kier molecular flexibility index (Phi) is 4.55. The molecule has 7 rings (SSSR count). The van der Waals surface area contributed by atoms with E-state index in [0.29, 0.717) is 49.1 Å². The second kappa shape index (κ2) is 7.49. The van der Waals surface area contributed by atoms with Crippen LogP contribution in [-0.4, -0.2) is 50.0 Å². The predicted molar refractivity (Wildman–Crippen MR) is 129 cm³/mol. The van der Waals surface area contributed by atoms with Crippen LogP contribution in [0.2, 0.25) is 5.02 Å². The van der Waals surface area contributed by atoms with Gasteiger partial charge in [-0.15, -0.1) is 10.2 Å². The van der Waals surface area contributed by atoms with Crippen molar-refractivity contribution in [2.24, 2.45) is 5.41 Å². The first-order chi connectivity index (χ1) is 16.9. The number of fused-ring (bicyclic) bond motifs is 3. The zero-order chi connectivity index (χ0) is 23.8. The summed E-state index contributed by atoms with van der Waals surface area (Å²) in [4.78, 5) is 8.84. The highest BCUT2D eigenvalue weighted by Gasteiger charge is 2.54. The van der Waals surface area contributed by atoms with Crippen LogP contribution < -0.4 is 4.90 Å². The Morgan fingerprint density at radius 1 is 1.11 bits per heavy atom. The van der Waals surface area contributed by atoms with E-state index in [-0.39, 0.29) is 5.41 Å². The number of hydrogen-bond acceptors (Lipinski definition) is 6. The average molecular weight is 490 g/mol. The van der Waals surface area contributed by atoms with E-state index in [1.54, 1.807) is 6.07 Å². The standard InChI is InChI=1S/C26H25ClFN7/c27-19-4-5-21-17(8-19)12-33(16-26(28)6-7-26)13-23-31-32-24(35(21)23)18-9-25(10-18)14-34(15-25)22-3-1-2-20(11-29)30-22/h1-5,8,18H,6-7,9-10,12-16H2. The van der Waals surface area contributed by atoms with Crippen LogP contribution in [0.15, 0.2) is 36.4 Å². The number of benzene rings is 1. The highest BCUT2D eigenvalue weighted by atomic mass is 35.5. The van der Waals surface area contributed by atoms with Crippen molar-refractivity contribution in [3.8, 4) is 11.8 Å². The summed E-state index contributed by atoms with van der Waals surface area (Å²) in [6.45, 7) is 3.56. The summed E-state index contributed by atoms with van der Waals surface area (Å²) < 4.78 is 16.8. The van der Waals surface area contributed by atoms with Gasteiger partial charge in [0.2, 0.25) is 0 Å². The molecular formula is C26H25ClFN7. The van der Waals surface area contributed by atoms with Crippen LogP contribution in [0.25, 0.3) is 5.69 Å². The predicted octanol–water partition coefficient (Wildman–Crippen LogP) is 4.39. The number of hydrogen-bond donors (Lipinski definition) is 0. The van der Waals surface area contributed by atoms with Crippen LogP contribution in [-0.2, 0) is 13.1 Å². The molecule has 0 bridgehead atoms. The molecule has 0 radical (unpaired) electrons. The first-order valence-corrected chi connectivity index (χ1v) is 12.6. The Morgan fingerprint density at radius 2 is 1.94 bits per heavy atom. The quantitative estimate of drug-likeness (QED) is 0.541. The summed E-state index contributed by atoms with van der Waals surface area (Å²) in [6.07, 6.45) is 3.39. The van der Waals surface area contributed by atoms with Crippen molar-refractivity contribution in [3.05, 3.63) is 64.3 Å². The van der Waals surface area contributed by atoms with Gasteiger partial charge in [0.15, 0.2) is 5.82 Å². The molecule has 7 nitrogen and oxygen atoms in total. The molecule has 2 saturated carbocycles. The number of aromatic nitrogens is 4. The van der Waals surface area contributed by atoms with E-state index in [4.69, 9.17) is 16.9 Å². The molecule has 4 heterocycles. The van der Waals surface area contributed by atoms with Gasteiger partial charge in [-0.3, -0.25) is 9.47 Å². The third-order valence-corrected chi connectivity index (χ3v) is 8.28. The van der Waals surface area contributed by atoms with E-state index in [2.05, 4.69) is 35.6 Å². The fourth-order valence-corrected chi connectivity index (χ4v) is 6.37. The third-order valence-electron chi connectivity index (χ3n) is 8.05. The third kappa shape index (κ3) is 3.60. The van der Waals surface area contributed by atoms with Crippen molar-refractivity contribution in [1.29, 1.82) is 5.26 Å². The van der Waals surface area contributed by atoms with E-state index in [1.165, 1.54) is 0 Å². The maximum atomic E-state index is 14.6. The zero-order valence-electron chi connectivity index (χ0n) is 19.3. The molecule has 4 aliphatic rings. The maximum absolute atomic E-state index is 14.6. The number of nitrogens with zero attached hydrogens (tertiary/aromatic N) is 7. The van der Waals surface area contributed by atoms with Crippen molar-refractivity contribution in [3.63, 3.8) is 0 Å². The van der Waals surface area contributed by atoms with Gasteiger partial charge in [0, 0.05) is 42.5 Å². The van der Waals surface area contributed by atoms with E-state index in [9.17, 15) is 4.39 Å². The molecule has 2 aliphatic carbocycles. The Hall–Kier alpha value is -3.02. The van der Waals surface area contributed by atoms with Crippen molar-refractivity contribution in [2.75, 3.05) is 24.5 Å². The zero-order valence-corrected chi connectivity index (χ0v) is 20.0. The molecule has 1 saturated heterocycles. The molecule has 0 atom stereocenters. The van der Waals surface area contributed by atoms with Gasteiger partial charge in [0.1, 0.15) is 29.1 Å². The van der Waals surface area contributed by atoms with Gasteiger partial charge in [0.25, 0.3) is 0 Å². The van der Waals surface area contributed by atoms with E-state index < -0.39 is 5.67 Å². The smallest absolute Gasteiger partial charge is 0.151 e. The molecule has 35 heavy (non-hydrogen) atoms. The van der Waals surface area contributed by atoms with Crippen LogP contribution in [0.3, 0.4) is 0 Å². The largest absolute Gasteiger partial charge is 0.355 e. The van der Waals surface area contributed by atoms with Gasteiger partial charge in [-0.1, -0.05) is 17.7 Å². The summed E-state index contributed by atoms with van der Waals surface area (Å²) >= 11 is 6.35. The van der Waals surface area contributed by atoms with Crippen molar-refractivity contribution < 1.29 is 4.39 Å². The van der Waals surface area contributed by atoms with Crippen molar-refractivity contribution in [2.45, 2.75) is 50.4 Å². The summed E-state index contributed by atoms with van der Waals surface area (Å²) in [6, 6.07) is 13.7.